The zero-order chi connectivity index (χ0) is 15.3. The monoisotopic (exact) mass is 284 g/mol. The molecule has 2 amide bonds. The van der Waals surface area contributed by atoms with Gasteiger partial charge in [-0.1, -0.05) is 20.8 Å². The van der Waals surface area contributed by atoms with Crippen LogP contribution in [0.1, 0.15) is 47.0 Å². The first-order valence-corrected chi connectivity index (χ1v) is 7.55. The number of piperidine rings is 1. The van der Waals surface area contributed by atoms with E-state index in [1.807, 2.05) is 20.8 Å². The average Bonchev–Trinajstić information content (AvgIpc) is 2.43. The quantitative estimate of drug-likeness (QED) is 0.796. The van der Waals surface area contributed by atoms with Crippen LogP contribution in [-0.4, -0.2) is 47.1 Å². The molecule has 1 rings (SSSR count). The SMILES string of the molecule is CCC(=O)N1CCCC(C(=O)NCC(C)(O)C(C)C)C1. The van der Waals surface area contributed by atoms with Crippen molar-refractivity contribution >= 4 is 11.8 Å². The van der Waals surface area contributed by atoms with Crippen molar-refractivity contribution in [2.24, 2.45) is 11.8 Å². The molecule has 0 spiro atoms. The van der Waals surface area contributed by atoms with Gasteiger partial charge in [0.05, 0.1) is 11.5 Å². The number of rotatable bonds is 5. The fraction of sp³-hybridized carbons (Fsp3) is 0.867. The highest BCUT2D eigenvalue weighted by atomic mass is 16.3. The molecule has 0 radical (unpaired) electrons. The second-order valence-electron chi connectivity index (χ2n) is 6.26. The molecule has 0 aromatic carbocycles. The van der Waals surface area contributed by atoms with Gasteiger partial charge in [-0.15, -0.1) is 0 Å². The highest BCUT2D eigenvalue weighted by molar-refractivity contribution is 5.81. The second-order valence-corrected chi connectivity index (χ2v) is 6.26. The topological polar surface area (TPSA) is 69.6 Å². The van der Waals surface area contributed by atoms with E-state index >= 15 is 0 Å². The molecule has 1 saturated heterocycles. The number of nitrogens with zero attached hydrogens (tertiary/aromatic N) is 1. The minimum absolute atomic E-state index is 0.0560. The van der Waals surface area contributed by atoms with Gasteiger partial charge in [0.2, 0.25) is 11.8 Å². The first kappa shape index (κ1) is 17.0. The zero-order valence-electron chi connectivity index (χ0n) is 13.1. The maximum absolute atomic E-state index is 12.2. The third-order valence-corrected chi connectivity index (χ3v) is 4.31. The molecule has 1 aliphatic rings. The molecule has 1 aliphatic heterocycles. The third kappa shape index (κ3) is 4.47. The van der Waals surface area contributed by atoms with E-state index in [1.54, 1.807) is 11.8 Å². The summed E-state index contributed by atoms with van der Waals surface area (Å²) >= 11 is 0. The molecule has 2 N–H and O–H groups in total. The predicted octanol–water partition coefficient (Wildman–Crippen LogP) is 1.16. The number of aliphatic hydroxyl groups is 1. The van der Waals surface area contributed by atoms with Gasteiger partial charge in [0, 0.05) is 26.1 Å². The highest BCUT2D eigenvalue weighted by Gasteiger charge is 2.30. The van der Waals surface area contributed by atoms with E-state index in [2.05, 4.69) is 5.32 Å². The van der Waals surface area contributed by atoms with Crippen molar-refractivity contribution in [3.8, 4) is 0 Å². The summed E-state index contributed by atoms with van der Waals surface area (Å²) in [6, 6.07) is 0. The summed E-state index contributed by atoms with van der Waals surface area (Å²) in [6.07, 6.45) is 2.16. The second kappa shape index (κ2) is 7.07. The molecule has 0 saturated carbocycles. The van der Waals surface area contributed by atoms with Crippen LogP contribution in [0.4, 0.5) is 0 Å². The minimum atomic E-state index is -0.900. The van der Waals surface area contributed by atoms with Crippen LogP contribution in [-0.2, 0) is 9.59 Å². The van der Waals surface area contributed by atoms with Gasteiger partial charge in [0.15, 0.2) is 0 Å². The first-order valence-electron chi connectivity index (χ1n) is 7.55. The summed E-state index contributed by atoms with van der Waals surface area (Å²) in [7, 11) is 0. The average molecular weight is 284 g/mol. The Hall–Kier alpha value is -1.10. The third-order valence-electron chi connectivity index (χ3n) is 4.31. The highest BCUT2D eigenvalue weighted by Crippen LogP contribution is 2.19. The van der Waals surface area contributed by atoms with Gasteiger partial charge in [-0.2, -0.15) is 0 Å². The molecule has 5 heteroatoms. The molecule has 116 valence electrons. The Morgan fingerprint density at radius 1 is 1.45 bits per heavy atom. The van der Waals surface area contributed by atoms with E-state index in [1.165, 1.54) is 0 Å². The van der Waals surface area contributed by atoms with Gasteiger partial charge >= 0.3 is 0 Å². The van der Waals surface area contributed by atoms with Gasteiger partial charge in [-0.3, -0.25) is 9.59 Å². The van der Waals surface area contributed by atoms with Crippen LogP contribution in [0.15, 0.2) is 0 Å². The maximum atomic E-state index is 12.2. The van der Waals surface area contributed by atoms with Crippen molar-refractivity contribution in [3.05, 3.63) is 0 Å². The Morgan fingerprint density at radius 3 is 2.65 bits per heavy atom. The molecule has 1 heterocycles. The molecule has 0 bridgehead atoms. The molecular formula is C15H28N2O3. The molecule has 2 atom stereocenters. The molecule has 5 nitrogen and oxygen atoms in total. The number of carbonyl (C=O) groups excluding carboxylic acids is 2. The van der Waals surface area contributed by atoms with E-state index < -0.39 is 5.60 Å². The van der Waals surface area contributed by atoms with E-state index in [4.69, 9.17) is 0 Å². The molecule has 1 fully saturated rings. The lowest BCUT2D eigenvalue weighted by atomic mass is 9.91. The summed E-state index contributed by atoms with van der Waals surface area (Å²) in [6.45, 7) is 8.92. The van der Waals surface area contributed by atoms with Crippen LogP contribution >= 0.6 is 0 Å². The van der Waals surface area contributed by atoms with Gasteiger partial charge < -0.3 is 15.3 Å². The zero-order valence-corrected chi connectivity index (χ0v) is 13.1. The first-order chi connectivity index (χ1) is 9.27. The molecule has 0 aromatic heterocycles. The summed E-state index contributed by atoms with van der Waals surface area (Å²) in [4.78, 5) is 25.6. The molecular weight excluding hydrogens is 256 g/mol. The Labute approximate surface area is 121 Å². The van der Waals surface area contributed by atoms with Crippen molar-refractivity contribution in [1.29, 1.82) is 0 Å². The maximum Gasteiger partial charge on any atom is 0.225 e. The standard InChI is InChI=1S/C15H28N2O3/c1-5-13(18)17-8-6-7-12(9-17)14(19)16-10-15(4,20)11(2)3/h11-12,20H,5-10H2,1-4H3,(H,16,19). The largest absolute Gasteiger partial charge is 0.388 e. The summed E-state index contributed by atoms with van der Waals surface area (Å²) in [5.41, 5.74) is -0.900. The number of amides is 2. The van der Waals surface area contributed by atoms with Crippen LogP contribution in [0.2, 0.25) is 0 Å². The fourth-order valence-corrected chi connectivity index (χ4v) is 2.26. The Balaban J connectivity index is 2.49. The van der Waals surface area contributed by atoms with Crippen LogP contribution in [0.3, 0.4) is 0 Å². The molecule has 2 unspecified atom stereocenters. The van der Waals surface area contributed by atoms with E-state index in [0.717, 1.165) is 19.4 Å². The Bertz CT molecular complexity index is 353. The van der Waals surface area contributed by atoms with Crippen molar-refractivity contribution in [2.75, 3.05) is 19.6 Å². The Morgan fingerprint density at radius 2 is 2.10 bits per heavy atom. The van der Waals surface area contributed by atoms with E-state index in [-0.39, 0.29) is 30.2 Å². The van der Waals surface area contributed by atoms with Crippen LogP contribution < -0.4 is 5.32 Å². The number of nitrogens with one attached hydrogen (secondary N) is 1. The van der Waals surface area contributed by atoms with Crippen LogP contribution in [0.25, 0.3) is 0 Å². The van der Waals surface area contributed by atoms with Gasteiger partial charge in [-0.25, -0.2) is 0 Å². The van der Waals surface area contributed by atoms with Crippen molar-refractivity contribution < 1.29 is 14.7 Å². The van der Waals surface area contributed by atoms with Crippen molar-refractivity contribution in [3.63, 3.8) is 0 Å². The van der Waals surface area contributed by atoms with Crippen molar-refractivity contribution in [1.82, 2.24) is 10.2 Å². The predicted molar refractivity (Wildman–Crippen MR) is 78.1 cm³/mol. The lowest BCUT2D eigenvalue weighted by molar-refractivity contribution is -0.136. The van der Waals surface area contributed by atoms with Gasteiger partial charge in [0.25, 0.3) is 0 Å². The van der Waals surface area contributed by atoms with E-state index in [9.17, 15) is 14.7 Å². The van der Waals surface area contributed by atoms with Crippen LogP contribution in [0, 0.1) is 11.8 Å². The van der Waals surface area contributed by atoms with Crippen molar-refractivity contribution in [2.45, 2.75) is 52.6 Å². The summed E-state index contributed by atoms with van der Waals surface area (Å²) in [5, 5.41) is 13.0. The van der Waals surface area contributed by atoms with Gasteiger partial charge in [0.1, 0.15) is 0 Å². The lowest BCUT2D eigenvalue weighted by Gasteiger charge is -2.33. The lowest BCUT2D eigenvalue weighted by Crippen LogP contribution is -2.49. The minimum Gasteiger partial charge on any atom is -0.388 e. The number of carbonyl (C=O) groups is 2. The number of likely N-dealkylation sites (tertiary alicyclic amines) is 1. The number of hydrogen-bond donors (Lipinski definition) is 2. The normalized spacial score (nSPS) is 22.5. The Kier molecular flexibility index (Phi) is 5.99. The molecule has 0 aromatic rings. The smallest absolute Gasteiger partial charge is 0.225 e. The summed E-state index contributed by atoms with van der Waals surface area (Å²) < 4.78 is 0. The summed E-state index contributed by atoms with van der Waals surface area (Å²) in [5.74, 6) is -0.0225. The van der Waals surface area contributed by atoms with Gasteiger partial charge in [-0.05, 0) is 25.7 Å². The molecule has 20 heavy (non-hydrogen) atoms. The van der Waals surface area contributed by atoms with E-state index in [0.29, 0.717) is 13.0 Å². The molecule has 0 aliphatic carbocycles. The number of hydrogen-bond acceptors (Lipinski definition) is 3. The van der Waals surface area contributed by atoms with Crippen LogP contribution in [0.5, 0.6) is 0 Å². The fourth-order valence-electron chi connectivity index (χ4n) is 2.26.